The number of amides is 1. The molecule has 2 rings (SSSR count). The summed E-state index contributed by atoms with van der Waals surface area (Å²) in [4.78, 5) is 24.8. The van der Waals surface area contributed by atoms with E-state index < -0.39 is 11.9 Å². The molecule has 2 unspecified atom stereocenters. The monoisotopic (exact) mass is 247 g/mol. The van der Waals surface area contributed by atoms with Crippen molar-refractivity contribution in [2.75, 3.05) is 11.4 Å². The Hall–Kier alpha value is -1.84. The van der Waals surface area contributed by atoms with Crippen molar-refractivity contribution in [1.82, 2.24) is 0 Å². The average Bonchev–Trinajstić information content (AvgIpc) is 3.12. The summed E-state index contributed by atoms with van der Waals surface area (Å²) in [5.41, 5.74) is 1.90. The Morgan fingerprint density at radius 2 is 2.00 bits per heavy atom. The van der Waals surface area contributed by atoms with E-state index in [1.165, 1.54) is 0 Å². The third-order valence-electron chi connectivity index (χ3n) is 3.41. The molecule has 1 N–H and O–H groups in total. The van der Waals surface area contributed by atoms with Crippen LogP contribution in [0.4, 0.5) is 5.69 Å². The molecular weight excluding hydrogens is 230 g/mol. The zero-order valence-electron chi connectivity index (χ0n) is 10.6. The highest BCUT2D eigenvalue weighted by Crippen LogP contribution is 2.41. The van der Waals surface area contributed by atoms with Crippen molar-refractivity contribution >= 4 is 17.6 Å². The number of aryl methyl sites for hydroxylation is 1. The molecule has 1 aromatic carbocycles. The molecule has 4 heteroatoms. The number of hydrogen-bond donors (Lipinski definition) is 1. The van der Waals surface area contributed by atoms with Crippen molar-refractivity contribution in [3.8, 4) is 0 Å². The fraction of sp³-hybridized carbons (Fsp3) is 0.429. The number of carbonyl (C=O) groups excluding carboxylic acids is 1. The van der Waals surface area contributed by atoms with Gasteiger partial charge in [0.15, 0.2) is 0 Å². The Morgan fingerprint density at radius 3 is 2.50 bits per heavy atom. The number of anilines is 1. The number of aliphatic carboxylic acids is 1. The second-order valence-corrected chi connectivity index (χ2v) is 4.66. The van der Waals surface area contributed by atoms with E-state index in [2.05, 4.69) is 0 Å². The first-order valence-electron chi connectivity index (χ1n) is 6.16. The normalized spacial score (nSPS) is 21.4. The topological polar surface area (TPSA) is 57.6 Å². The SMILES string of the molecule is CCN(C(=O)C1CC1C(=O)O)c1ccccc1C. The van der Waals surface area contributed by atoms with Crippen LogP contribution in [0.3, 0.4) is 0 Å². The van der Waals surface area contributed by atoms with Crippen molar-refractivity contribution in [2.24, 2.45) is 11.8 Å². The molecule has 0 spiro atoms. The molecule has 96 valence electrons. The second-order valence-electron chi connectivity index (χ2n) is 4.66. The Kier molecular flexibility index (Phi) is 3.36. The summed E-state index contributed by atoms with van der Waals surface area (Å²) in [6.45, 7) is 4.42. The molecule has 0 aliphatic heterocycles. The Labute approximate surface area is 106 Å². The molecule has 1 aromatic rings. The van der Waals surface area contributed by atoms with E-state index in [0.29, 0.717) is 13.0 Å². The highest BCUT2D eigenvalue weighted by Gasteiger charge is 2.49. The van der Waals surface area contributed by atoms with E-state index in [1.54, 1.807) is 4.90 Å². The number of carboxylic acid groups (broad SMARTS) is 1. The van der Waals surface area contributed by atoms with Gasteiger partial charge in [-0.2, -0.15) is 0 Å². The fourth-order valence-electron chi connectivity index (χ4n) is 2.25. The van der Waals surface area contributed by atoms with Crippen LogP contribution in [-0.2, 0) is 9.59 Å². The Bertz CT molecular complexity index is 484. The van der Waals surface area contributed by atoms with Crippen molar-refractivity contribution in [3.63, 3.8) is 0 Å². The quantitative estimate of drug-likeness (QED) is 0.886. The summed E-state index contributed by atoms with van der Waals surface area (Å²) in [5.74, 6) is -1.77. The molecule has 1 saturated carbocycles. The summed E-state index contributed by atoms with van der Waals surface area (Å²) < 4.78 is 0. The molecular formula is C14H17NO3. The zero-order chi connectivity index (χ0) is 13.3. The molecule has 4 nitrogen and oxygen atoms in total. The number of nitrogens with zero attached hydrogens (tertiary/aromatic N) is 1. The lowest BCUT2D eigenvalue weighted by Crippen LogP contribution is -2.33. The van der Waals surface area contributed by atoms with Crippen LogP contribution < -0.4 is 4.90 Å². The van der Waals surface area contributed by atoms with Crippen molar-refractivity contribution in [2.45, 2.75) is 20.3 Å². The summed E-state index contributed by atoms with van der Waals surface area (Å²) >= 11 is 0. The molecule has 0 aromatic heterocycles. The van der Waals surface area contributed by atoms with Crippen LogP contribution >= 0.6 is 0 Å². The third-order valence-corrected chi connectivity index (χ3v) is 3.41. The first-order valence-corrected chi connectivity index (χ1v) is 6.16. The van der Waals surface area contributed by atoms with Gasteiger partial charge in [0, 0.05) is 12.2 Å². The highest BCUT2D eigenvalue weighted by molar-refractivity contribution is 6.00. The van der Waals surface area contributed by atoms with Crippen molar-refractivity contribution < 1.29 is 14.7 Å². The average molecular weight is 247 g/mol. The van der Waals surface area contributed by atoms with E-state index in [9.17, 15) is 9.59 Å². The first-order chi connectivity index (χ1) is 8.56. The summed E-state index contributed by atoms with van der Waals surface area (Å²) in [6.07, 6.45) is 0.469. The van der Waals surface area contributed by atoms with E-state index in [0.717, 1.165) is 11.3 Å². The maximum Gasteiger partial charge on any atom is 0.307 e. The molecule has 2 atom stereocenters. The maximum atomic E-state index is 12.3. The van der Waals surface area contributed by atoms with E-state index in [4.69, 9.17) is 5.11 Å². The minimum Gasteiger partial charge on any atom is -0.481 e. The smallest absolute Gasteiger partial charge is 0.307 e. The van der Waals surface area contributed by atoms with Gasteiger partial charge < -0.3 is 10.0 Å². The highest BCUT2D eigenvalue weighted by atomic mass is 16.4. The predicted octanol–water partition coefficient (Wildman–Crippen LogP) is 2.07. The van der Waals surface area contributed by atoms with Crippen LogP contribution in [0, 0.1) is 18.8 Å². The van der Waals surface area contributed by atoms with Crippen LogP contribution in [0.25, 0.3) is 0 Å². The van der Waals surface area contributed by atoms with Gasteiger partial charge in [-0.15, -0.1) is 0 Å². The number of para-hydroxylation sites is 1. The molecule has 0 heterocycles. The first kappa shape index (κ1) is 12.6. The van der Waals surface area contributed by atoms with Gasteiger partial charge in [-0.3, -0.25) is 9.59 Å². The van der Waals surface area contributed by atoms with E-state index in [-0.39, 0.29) is 11.8 Å². The van der Waals surface area contributed by atoms with Crippen LogP contribution in [-0.4, -0.2) is 23.5 Å². The van der Waals surface area contributed by atoms with Gasteiger partial charge >= 0.3 is 5.97 Å². The standard InChI is InChI=1S/C14H17NO3/c1-3-15(12-7-5-4-6-9(12)2)13(16)10-8-11(10)14(17)18/h4-7,10-11H,3,8H2,1-2H3,(H,17,18). The molecule has 0 saturated heterocycles. The zero-order valence-corrected chi connectivity index (χ0v) is 10.6. The van der Waals surface area contributed by atoms with Crippen LogP contribution in [0.15, 0.2) is 24.3 Å². The minimum atomic E-state index is -0.866. The predicted molar refractivity (Wildman–Crippen MR) is 68.4 cm³/mol. The minimum absolute atomic E-state index is 0.0702. The van der Waals surface area contributed by atoms with Gasteiger partial charge in [0.25, 0.3) is 0 Å². The summed E-state index contributed by atoms with van der Waals surface area (Å²) in [6, 6.07) is 7.66. The molecule has 1 amide bonds. The maximum absolute atomic E-state index is 12.3. The fourth-order valence-corrected chi connectivity index (χ4v) is 2.25. The van der Waals surface area contributed by atoms with Crippen LogP contribution in [0.2, 0.25) is 0 Å². The molecule has 1 aliphatic rings. The Morgan fingerprint density at radius 1 is 1.33 bits per heavy atom. The third kappa shape index (κ3) is 2.23. The van der Waals surface area contributed by atoms with Gasteiger partial charge in [-0.25, -0.2) is 0 Å². The van der Waals surface area contributed by atoms with E-state index in [1.807, 2.05) is 38.1 Å². The molecule has 1 aliphatic carbocycles. The van der Waals surface area contributed by atoms with Gasteiger partial charge in [-0.05, 0) is 31.9 Å². The molecule has 18 heavy (non-hydrogen) atoms. The molecule has 1 fully saturated rings. The number of carbonyl (C=O) groups is 2. The molecule has 0 bridgehead atoms. The lowest BCUT2D eigenvalue weighted by atomic mass is 10.1. The number of carboxylic acids is 1. The van der Waals surface area contributed by atoms with Gasteiger partial charge in [0.2, 0.25) is 5.91 Å². The number of hydrogen-bond acceptors (Lipinski definition) is 2. The largest absolute Gasteiger partial charge is 0.481 e. The van der Waals surface area contributed by atoms with E-state index >= 15 is 0 Å². The van der Waals surface area contributed by atoms with Gasteiger partial charge in [0.05, 0.1) is 11.8 Å². The number of benzene rings is 1. The lowest BCUT2D eigenvalue weighted by Gasteiger charge is -2.23. The van der Waals surface area contributed by atoms with Gasteiger partial charge in [0.1, 0.15) is 0 Å². The summed E-state index contributed by atoms with van der Waals surface area (Å²) in [5, 5.41) is 8.88. The lowest BCUT2D eigenvalue weighted by molar-refractivity contribution is -0.140. The Balaban J connectivity index is 2.18. The van der Waals surface area contributed by atoms with Crippen LogP contribution in [0.1, 0.15) is 18.9 Å². The molecule has 0 radical (unpaired) electrons. The van der Waals surface area contributed by atoms with Gasteiger partial charge in [-0.1, -0.05) is 18.2 Å². The van der Waals surface area contributed by atoms with Crippen molar-refractivity contribution in [3.05, 3.63) is 29.8 Å². The van der Waals surface area contributed by atoms with Crippen LogP contribution in [0.5, 0.6) is 0 Å². The number of rotatable bonds is 4. The second kappa shape index (κ2) is 4.80. The van der Waals surface area contributed by atoms with Crippen molar-refractivity contribution in [1.29, 1.82) is 0 Å². The summed E-state index contributed by atoms with van der Waals surface area (Å²) in [7, 11) is 0.